The zero-order valence-corrected chi connectivity index (χ0v) is 7.36. The summed E-state index contributed by atoms with van der Waals surface area (Å²) < 4.78 is 0. The van der Waals surface area contributed by atoms with E-state index in [1.165, 1.54) is 0 Å². The van der Waals surface area contributed by atoms with Gasteiger partial charge in [-0.2, -0.15) is 0 Å². The maximum atomic E-state index is 10.3. The summed E-state index contributed by atoms with van der Waals surface area (Å²) in [5.41, 5.74) is 5.22. The van der Waals surface area contributed by atoms with Crippen LogP contribution in [0.3, 0.4) is 0 Å². The molecule has 4 nitrogen and oxygen atoms in total. The normalized spacial score (nSPS) is 15.6. The second kappa shape index (κ2) is 5.97. The van der Waals surface area contributed by atoms with E-state index in [1.807, 2.05) is 6.92 Å². The van der Waals surface area contributed by atoms with Crippen LogP contribution in [0.5, 0.6) is 0 Å². The largest absolute Gasteiger partial charge is 0.481 e. The molecule has 0 aliphatic heterocycles. The zero-order valence-electron chi connectivity index (χ0n) is 7.36. The van der Waals surface area contributed by atoms with Crippen LogP contribution in [0.15, 0.2) is 0 Å². The fourth-order valence-corrected chi connectivity index (χ4v) is 1.08. The van der Waals surface area contributed by atoms with Crippen molar-refractivity contribution < 1.29 is 15.0 Å². The highest BCUT2D eigenvalue weighted by Gasteiger charge is 2.17. The van der Waals surface area contributed by atoms with Gasteiger partial charge in [-0.15, -0.1) is 0 Å². The fourth-order valence-electron chi connectivity index (χ4n) is 1.08. The second-order valence-electron chi connectivity index (χ2n) is 2.99. The van der Waals surface area contributed by atoms with E-state index < -0.39 is 12.2 Å². The average molecular weight is 175 g/mol. The third-order valence-electron chi connectivity index (χ3n) is 1.85. The lowest BCUT2D eigenvalue weighted by Crippen LogP contribution is -2.31. The van der Waals surface area contributed by atoms with E-state index >= 15 is 0 Å². The molecule has 0 saturated carbocycles. The van der Waals surface area contributed by atoms with Crippen LogP contribution in [0.25, 0.3) is 0 Å². The van der Waals surface area contributed by atoms with Crippen LogP contribution in [0, 0.1) is 5.92 Å². The number of aliphatic hydroxyl groups is 1. The van der Waals surface area contributed by atoms with Gasteiger partial charge in [-0.25, -0.2) is 0 Å². The lowest BCUT2D eigenvalue weighted by atomic mass is 9.97. The first-order valence-corrected chi connectivity index (χ1v) is 4.23. The molecule has 0 amide bonds. The highest BCUT2D eigenvalue weighted by Crippen LogP contribution is 2.14. The second-order valence-corrected chi connectivity index (χ2v) is 2.99. The maximum absolute atomic E-state index is 10.3. The van der Waals surface area contributed by atoms with Crippen molar-refractivity contribution in [3.05, 3.63) is 0 Å². The molecular formula is C8H17NO3. The number of nitrogens with two attached hydrogens (primary N) is 1. The number of hydrogen-bond donors (Lipinski definition) is 3. The van der Waals surface area contributed by atoms with Crippen molar-refractivity contribution in [2.75, 3.05) is 0 Å². The molecule has 2 atom stereocenters. The first-order chi connectivity index (χ1) is 5.57. The highest BCUT2D eigenvalue weighted by molar-refractivity contribution is 5.67. The number of hydrogen-bond acceptors (Lipinski definition) is 3. The minimum atomic E-state index is -1.01. The van der Waals surface area contributed by atoms with Crippen molar-refractivity contribution in [2.24, 2.45) is 11.7 Å². The smallest absolute Gasteiger partial charge is 0.303 e. The standard InChI is InChI=1S/C8H17NO3/c1-2-3-4-6(8(9)12)5-7(10)11/h6,8,12H,2-5,9H2,1H3,(H,10,11). The molecule has 0 aromatic carbocycles. The highest BCUT2D eigenvalue weighted by atomic mass is 16.4. The molecule has 0 aromatic rings. The Kier molecular flexibility index (Phi) is 5.66. The van der Waals surface area contributed by atoms with Crippen LogP contribution >= 0.6 is 0 Å². The minimum absolute atomic E-state index is 0.0440. The van der Waals surface area contributed by atoms with Gasteiger partial charge in [0.15, 0.2) is 0 Å². The Morgan fingerprint density at radius 2 is 2.17 bits per heavy atom. The molecule has 72 valence electrons. The summed E-state index contributed by atoms with van der Waals surface area (Å²) in [6, 6.07) is 0. The van der Waals surface area contributed by atoms with E-state index in [0.717, 1.165) is 12.8 Å². The summed E-state index contributed by atoms with van der Waals surface area (Å²) in [6.07, 6.45) is 1.53. The Morgan fingerprint density at radius 3 is 2.50 bits per heavy atom. The van der Waals surface area contributed by atoms with Crippen LogP contribution in [-0.2, 0) is 4.79 Å². The van der Waals surface area contributed by atoms with Gasteiger partial charge in [0, 0.05) is 5.92 Å². The predicted molar refractivity (Wildman–Crippen MR) is 45.5 cm³/mol. The predicted octanol–water partition coefficient (Wildman–Crippen LogP) is 0.545. The Bertz CT molecular complexity index is 136. The van der Waals surface area contributed by atoms with Crippen molar-refractivity contribution >= 4 is 5.97 Å². The third-order valence-corrected chi connectivity index (χ3v) is 1.85. The Balaban J connectivity index is 3.78. The minimum Gasteiger partial charge on any atom is -0.481 e. The molecule has 2 unspecified atom stereocenters. The molecule has 0 aliphatic carbocycles. The van der Waals surface area contributed by atoms with Crippen molar-refractivity contribution in [2.45, 2.75) is 38.8 Å². The molecule has 0 radical (unpaired) electrons. The van der Waals surface area contributed by atoms with Crippen LogP contribution in [0.4, 0.5) is 0 Å². The molecule has 0 aliphatic rings. The summed E-state index contributed by atoms with van der Waals surface area (Å²) in [7, 11) is 0. The Morgan fingerprint density at radius 1 is 1.58 bits per heavy atom. The quantitative estimate of drug-likeness (QED) is 0.514. The van der Waals surface area contributed by atoms with Gasteiger partial charge >= 0.3 is 5.97 Å². The van der Waals surface area contributed by atoms with Gasteiger partial charge in [0.05, 0.1) is 6.42 Å². The maximum Gasteiger partial charge on any atom is 0.303 e. The van der Waals surface area contributed by atoms with Gasteiger partial charge in [0.1, 0.15) is 6.23 Å². The molecule has 0 spiro atoms. The number of unbranched alkanes of at least 4 members (excludes halogenated alkanes) is 1. The molecule has 0 aromatic heterocycles. The van der Waals surface area contributed by atoms with Gasteiger partial charge < -0.3 is 15.9 Å². The molecule has 4 N–H and O–H groups in total. The van der Waals surface area contributed by atoms with Gasteiger partial charge in [0.25, 0.3) is 0 Å². The van der Waals surface area contributed by atoms with Crippen LogP contribution in [0.1, 0.15) is 32.6 Å². The molecule has 0 bridgehead atoms. The number of rotatable bonds is 6. The summed E-state index contributed by atoms with van der Waals surface area (Å²) in [5, 5.41) is 17.5. The summed E-state index contributed by atoms with van der Waals surface area (Å²) in [6.45, 7) is 2.01. The van der Waals surface area contributed by atoms with Crippen molar-refractivity contribution in [3.63, 3.8) is 0 Å². The molecule has 0 heterocycles. The van der Waals surface area contributed by atoms with Crippen LogP contribution in [-0.4, -0.2) is 22.4 Å². The van der Waals surface area contributed by atoms with Crippen molar-refractivity contribution in [1.82, 2.24) is 0 Å². The average Bonchev–Trinajstić information content (AvgIpc) is 1.96. The molecular weight excluding hydrogens is 158 g/mol. The van der Waals surface area contributed by atoms with Crippen molar-refractivity contribution in [3.8, 4) is 0 Å². The lowest BCUT2D eigenvalue weighted by Gasteiger charge is -2.16. The Labute approximate surface area is 72.4 Å². The summed E-state index contributed by atoms with van der Waals surface area (Å²) >= 11 is 0. The van der Waals surface area contributed by atoms with Crippen molar-refractivity contribution in [1.29, 1.82) is 0 Å². The topological polar surface area (TPSA) is 83.5 Å². The molecule has 0 saturated heterocycles. The molecule has 12 heavy (non-hydrogen) atoms. The van der Waals surface area contributed by atoms with Gasteiger partial charge in [-0.05, 0) is 6.42 Å². The van der Waals surface area contributed by atoms with E-state index in [0.29, 0.717) is 6.42 Å². The summed E-state index contributed by atoms with van der Waals surface area (Å²) in [4.78, 5) is 10.3. The SMILES string of the molecule is CCCCC(CC(=O)O)C(N)O. The van der Waals surface area contributed by atoms with E-state index in [-0.39, 0.29) is 12.3 Å². The van der Waals surface area contributed by atoms with Gasteiger partial charge in [0.2, 0.25) is 0 Å². The number of aliphatic hydroxyl groups excluding tert-OH is 1. The number of carbonyl (C=O) groups is 1. The number of carboxylic acids is 1. The van der Waals surface area contributed by atoms with Gasteiger partial charge in [-0.1, -0.05) is 19.8 Å². The van der Waals surface area contributed by atoms with E-state index in [4.69, 9.17) is 15.9 Å². The molecule has 0 rings (SSSR count). The summed E-state index contributed by atoms with van der Waals surface area (Å²) in [5.74, 6) is -1.21. The van der Waals surface area contributed by atoms with Gasteiger partial charge in [-0.3, -0.25) is 4.79 Å². The monoisotopic (exact) mass is 175 g/mol. The first-order valence-electron chi connectivity index (χ1n) is 4.23. The number of aliphatic carboxylic acids is 1. The fraction of sp³-hybridized carbons (Fsp3) is 0.875. The molecule has 4 heteroatoms. The third kappa shape index (κ3) is 5.09. The Hall–Kier alpha value is -0.610. The van der Waals surface area contributed by atoms with E-state index in [1.54, 1.807) is 0 Å². The van der Waals surface area contributed by atoms with E-state index in [9.17, 15) is 4.79 Å². The molecule has 0 fully saturated rings. The first kappa shape index (κ1) is 11.4. The zero-order chi connectivity index (χ0) is 9.56. The van der Waals surface area contributed by atoms with Crippen LogP contribution in [0.2, 0.25) is 0 Å². The van der Waals surface area contributed by atoms with Crippen LogP contribution < -0.4 is 5.73 Å². The lowest BCUT2D eigenvalue weighted by molar-refractivity contribution is -0.139. The number of carboxylic acid groups (broad SMARTS) is 1. The van der Waals surface area contributed by atoms with E-state index in [2.05, 4.69) is 0 Å².